The number of hydrogen-bond acceptors (Lipinski definition) is 10. The number of hydrogen-bond donors (Lipinski definition) is 0. The van der Waals surface area contributed by atoms with E-state index in [1.165, 1.54) is 6.92 Å². The Hall–Kier alpha value is -4.39. The summed E-state index contributed by atoms with van der Waals surface area (Å²) in [6.07, 6.45) is 7.69. The zero-order valence-corrected chi connectivity index (χ0v) is 30.1. The second kappa shape index (κ2) is 14.3. The Kier molecular flexibility index (Phi) is 9.84. The molecule has 7 rings (SSSR count). The molecule has 0 radical (unpaired) electrons. The van der Waals surface area contributed by atoms with Gasteiger partial charge in [-0.2, -0.15) is 5.10 Å². The maximum absolute atomic E-state index is 14.5. The van der Waals surface area contributed by atoms with Gasteiger partial charge in [0.15, 0.2) is 11.6 Å². The van der Waals surface area contributed by atoms with Gasteiger partial charge in [-0.25, -0.2) is 9.97 Å². The van der Waals surface area contributed by atoms with E-state index in [0.717, 1.165) is 53.6 Å². The molecule has 1 saturated heterocycles. The number of ether oxygens (including phenoxy) is 3. The van der Waals surface area contributed by atoms with Crippen LogP contribution in [-0.2, 0) is 43.2 Å². The van der Waals surface area contributed by atoms with E-state index in [1.54, 1.807) is 36.2 Å². The predicted molar refractivity (Wildman–Crippen MR) is 189 cm³/mol. The lowest BCUT2D eigenvalue weighted by Crippen LogP contribution is -2.45. The largest absolute Gasteiger partial charge is 0.379 e. The normalized spacial score (nSPS) is 25.4. The van der Waals surface area contributed by atoms with Crippen molar-refractivity contribution >= 4 is 28.4 Å². The van der Waals surface area contributed by atoms with Crippen LogP contribution in [0.25, 0.3) is 22.0 Å². The maximum atomic E-state index is 14.5. The second-order valence-corrected chi connectivity index (χ2v) is 14.4. The number of aromatic nitrogens is 5. The fraction of sp³-hybridized carbons (Fsp3) is 0.513. The molecular formula is C39H46N6O6. The van der Waals surface area contributed by atoms with Crippen LogP contribution in [0.3, 0.4) is 0 Å². The highest BCUT2D eigenvalue weighted by molar-refractivity contribution is 6.07. The molecule has 3 aromatic heterocycles. The van der Waals surface area contributed by atoms with E-state index in [9.17, 15) is 14.4 Å². The van der Waals surface area contributed by atoms with E-state index in [1.807, 2.05) is 38.1 Å². The first-order valence-corrected chi connectivity index (χ1v) is 17.8. The molecule has 5 atom stereocenters. The number of benzene rings is 1. The molecule has 12 nitrogen and oxygen atoms in total. The molecule has 12 heteroatoms. The molecule has 2 unspecified atom stereocenters. The molecule has 0 N–H and O–H groups in total. The lowest BCUT2D eigenvalue weighted by molar-refractivity contribution is -0.139. The van der Waals surface area contributed by atoms with Crippen LogP contribution in [0.1, 0.15) is 72.3 Å². The summed E-state index contributed by atoms with van der Waals surface area (Å²) in [6.45, 7) is 5.91. The number of nitrogens with zero attached hydrogens (tertiary/aromatic N) is 6. The third-order valence-electron chi connectivity index (χ3n) is 10.9. The third-order valence-corrected chi connectivity index (χ3v) is 10.9. The maximum Gasteiger partial charge on any atom is 0.245 e. The minimum absolute atomic E-state index is 0.0444. The summed E-state index contributed by atoms with van der Waals surface area (Å²) >= 11 is 0. The fourth-order valence-electron chi connectivity index (χ4n) is 8.17. The molecule has 5 heterocycles. The van der Waals surface area contributed by atoms with Crippen LogP contribution in [0.5, 0.6) is 0 Å². The van der Waals surface area contributed by atoms with E-state index in [2.05, 4.69) is 21.0 Å². The summed E-state index contributed by atoms with van der Waals surface area (Å²) in [4.78, 5) is 56.8. The van der Waals surface area contributed by atoms with Gasteiger partial charge >= 0.3 is 0 Å². The highest BCUT2D eigenvalue weighted by atomic mass is 16.6. The zero-order chi connectivity index (χ0) is 35.9. The summed E-state index contributed by atoms with van der Waals surface area (Å²) in [7, 11) is 3.38. The summed E-state index contributed by atoms with van der Waals surface area (Å²) in [6, 6.07) is 8.94. The molecule has 0 spiro atoms. The highest BCUT2D eigenvalue weighted by Crippen LogP contribution is 2.60. The van der Waals surface area contributed by atoms with Crippen LogP contribution in [0.2, 0.25) is 0 Å². The molecule has 1 saturated carbocycles. The van der Waals surface area contributed by atoms with Crippen LogP contribution in [0.4, 0.5) is 0 Å². The number of pyridine rings is 1. The number of aryl methyl sites for hydroxylation is 3. The van der Waals surface area contributed by atoms with Gasteiger partial charge in [0.25, 0.3) is 0 Å². The summed E-state index contributed by atoms with van der Waals surface area (Å²) < 4.78 is 19.8. The first-order valence-electron chi connectivity index (χ1n) is 17.8. The Labute approximate surface area is 297 Å². The molecule has 4 aromatic rings. The van der Waals surface area contributed by atoms with Crippen molar-refractivity contribution in [2.24, 2.45) is 5.41 Å². The Balaban J connectivity index is 1.30. The number of rotatable bonds is 7. The van der Waals surface area contributed by atoms with Gasteiger partial charge in [-0.3, -0.25) is 24.0 Å². The molecule has 51 heavy (non-hydrogen) atoms. The SMILES string of the molecule is COC1CCCCc2cc(-c3cnc(C)nc3)cc3c(C(C)=O)nn(c23)CC(=O)N2[C@H](C(=O)Cc3cccc(C)n3)C[C@@]3(COCC1OC)C[C@@H]23. The minimum Gasteiger partial charge on any atom is -0.379 e. The standard InChI is InChI=1S/C39H46N6O6/c1-23-9-8-11-29(42-23)15-32(47)31-16-39-17-35(39)45(31)36(48)20-44-38-26(10-6-7-12-33(49-4)34(50-5)21-51-22-39)13-27(28-18-40-25(3)41-19-28)14-30(38)37(43-44)24(2)46/h8-9,11,13-14,18-19,31,33-35H,6-7,10,12,15-17,20-22H2,1-5H3/t31-,33?,34?,35+,39-/m0/s1. The first-order chi connectivity index (χ1) is 24.6. The molecule has 1 aromatic carbocycles. The summed E-state index contributed by atoms with van der Waals surface area (Å²) in [5, 5.41) is 5.47. The van der Waals surface area contributed by atoms with Crippen LogP contribution in [-0.4, -0.2) is 98.8 Å². The van der Waals surface area contributed by atoms with E-state index < -0.39 is 6.04 Å². The van der Waals surface area contributed by atoms with Crippen molar-refractivity contribution < 1.29 is 28.6 Å². The number of amides is 1. The van der Waals surface area contributed by atoms with Crippen molar-refractivity contribution in [2.45, 2.75) is 96.6 Å². The quantitative estimate of drug-likeness (QED) is 0.251. The van der Waals surface area contributed by atoms with Crippen molar-refractivity contribution in [1.82, 2.24) is 29.6 Å². The van der Waals surface area contributed by atoms with Crippen LogP contribution in [0, 0.1) is 19.3 Å². The smallest absolute Gasteiger partial charge is 0.245 e. The fourth-order valence-corrected chi connectivity index (χ4v) is 8.17. The number of carbonyl (C=O) groups excluding carboxylic acids is 3. The van der Waals surface area contributed by atoms with Gasteiger partial charge in [0.2, 0.25) is 5.91 Å². The molecule has 2 bridgehead atoms. The van der Waals surface area contributed by atoms with E-state index >= 15 is 0 Å². The number of methoxy groups -OCH3 is 2. The van der Waals surface area contributed by atoms with Gasteiger partial charge in [-0.15, -0.1) is 0 Å². The Bertz CT molecular complexity index is 1960. The molecule has 2 aliphatic heterocycles. The van der Waals surface area contributed by atoms with Crippen molar-refractivity contribution in [3.8, 4) is 11.1 Å². The monoisotopic (exact) mass is 694 g/mol. The molecule has 3 aliphatic rings. The highest BCUT2D eigenvalue weighted by Gasteiger charge is 2.67. The van der Waals surface area contributed by atoms with Gasteiger partial charge in [-0.1, -0.05) is 12.5 Å². The summed E-state index contributed by atoms with van der Waals surface area (Å²) in [5.74, 6) is 0.232. The van der Waals surface area contributed by atoms with E-state index in [4.69, 9.17) is 19.3 Å². The predicted octanol–water partition coefficient (Wildman–Crippen LogP) is 4.65. The number of Topliss-reactive ketones (excluding diaryl/α,β-unsaturated/α-hetero) is 2. The average molecular weight is 695 g/mol. The van der Waals surface area contributed by atoms with Crippen LogP contribution < -0.4 is 0 Å². The molecule has 268 valence electrons. The first kappa shape index (κ1) is 35.0. The van der Waals surface area contributed by atoms with Crippen LogP contribution in [0.15, 0.2) is 42.7 Å². The summed E-state index contributed by atoms with van der Waals surface area (Å²) in [5.41, 5.74) is 4.94. The van der Waals surface area contributed by atoms with Crippen molar-refractivity contribution in [1.29, 1.82) is 0 Å². The molecule has 1 aliphatic carbocycles. The number of ketones is 2. The lowest BCUT2D eigenvalue weighted by Gasteiger charge is -2.27. The molecule has 2 fully saturated rings. The molecule has 1 amide bonds. The zero-order valence-electron chi connectivity index (χ0n) is 30.1. The topological polar surface area (TPSA) is 139 Å². The van der Waals surface area contributed by atoms with Crippen molar-refractivity contribution in [2.75, 3.05) is 27.4 Å². The van der Waals surface area contributed by atoms with Gasteiger partial charge in [-0.05, 0) is 81.3 Å². The molecular weight excluding hydrogens is 648 g/mol. The van der Waals surface area contributed by atoms with Crippen LogP contribution >= 0.6 is 0 Å². The average Bonchev–Trinajstić information content (AvgIpc) is 3.51. The Morgan fingerprint density at radius 1 is 1.02 bits per heavy atom. The van der Waals surface area contributed by atoms with Gasteiger partial charge in [0.1, 0.15) is 24.2 Å². The number of piperidine rings is 1. The van der Waals surface area contributed by atoms with Gasteiger partial charge in [0, 0.05) is 67.3 Å². The number of carbonyl (C=O) groups is 3. The minimum atomic E-state index is -0.618. The van der Waals surface area contributed by atoms with Gasteiger partial charge in [0.05, 0.1) is 37.3 Å². The van der Waals surface area contributed by atoms with Gasteiger partial charge < -0.3 is 19.1 Å². The third kappa shape index (κ3) is 6.96. The second-order valence-electron chi connectivity index (χ2n) is 14.4. The lowest BCUT2D eigenvalue weighted by atomic mass is 9.95. The Morgan fingerprint density at radius 2 is 1.80 bits per heavy atom. The van der Waals surface area contributed by atoms with E-state index in [0.29, 0.717) is 48.7 Å². The van der Waals surface area contributed by atoms with Crippen molar-refractivity contribution in [3.05, 3.63) is 71.2 Å². The Morgan fingerprint density at radius 3 is 2.53 bits per heavy atom. The van der Waals surface area contributed by atoms with E-state index in [-0.39, 0.29) is 54.1 Å². The van der Waals surface area contributed by atoms with Crippen molar-refractivity contribution in [3.63, 3.8) is 0 Å².